The number of fused-ring (bicyclic) bond motifs is 1. The summed E-state index contributed by atoms with van der Waals surface area (Å²) < 4.78 is 2.26. The summed E-state index contributed by atoms with van der Waals surface area (Å²) in [5.41, 5.74) is 2.22. The quantitative estimate of drug-likeness (QED) is 0.259. The third kappa shape index (κ3) is 6.58. The van der Waals surface area contributed by atoms with E-state index in [1.54, 1.807) is 19.0 Å². The molecule has 1 aliphatic rings. The summed E-state index contributed by atoms with van der Waals surface area (Å²) in [5.74, 6) is 1.79. The molecule has 2 N–H and O–H groups in total. The number of aromatic nitrogens is 2. The number of hydrogen-bond donors (Lipinski definition) is 2. The van der Waals surface area contributed by atoms with E-state index in [0.717, 1.165) is 36.8 Å². The maximum atomic E-state index is 11.9. The van der Waals surface area contributed by atoms with Gasteiger partial charge in [0.1, 0.15) is 12.4 Å². The Morgan fingerprint density at radius 2 is 2.00 bits per heavy atom. The molecule has 0 spiro atoms. The van der Waals surface area contributed by atoms with Gasteiger partial charge in [-0.3, -0.25) is 4.79 Å². The summed E-state index contributed by atoms with van der Waals surface area (Å²) in [6.07, 6.45) is 5.81. The molecule has 0 atom stereocenters. The van der Waals surface area contributed by atoms with Crippen LogP contribution in [0, 0.1) is 6.92 Å². The smallest absolute Gasteiger partial charge is 0.243 e. The first-order chi connectivity index (χ1) is 13.5. The highest BCUT2D eigenvalue weighted by Crippen LogP contribution is 2.17. The van der Waals surface area contributed by atoms with Crippen LogP contribution in [0.25, 0.3) is 11.0 Å². The van der Waals surface area contributed by atoms with Crippen molar-refractivity contribution in [3.05, 3.63) is 30.1 Å². The lowest BCUT2D eigenvalue weighted by Gasteiger charge is -2.18. The molecule has 1 saturated carbocycles. The Bertz CT molecular complexity index is 826. The third-order valence-corrected chi connectivity index (χ3v) is 5.26. The molecular formula is C21H33IN6O. The van der Waals surface area contributed by atoms with Gasteiger partial charge in [-0.1, -0.05) is 25.0 Å². The van der Waals surface area contributed by atoms with E-state index in [9.17, 15) is 4.79 Å². The summed E-state index contributed by atoms with van der Waals surface area (Å²) in [5, 5.41) is 6.90. The van der Waals surface area contributed by atoms with Crippen molar-refractivity contribution in [3.8, 4) is 0 Å². The van der Waals surface area contributed by atoms with Gasteiger partial charge in [-0.25, -0.2) is 9.98 Å². The maximum Gasteiger partial charge on any atom is 0.243 e. The molecule has 1 aromatic carbocycles. The van der Waals surface area contributed by atoms with Gasteiger partial charge < -0.3 is 20.1 Å². The van der Waals surface area contributed by atoms with Crippen LogP contribution in [0.3, 0.4) is 0 Å². The predicted molar refractivity (Wildman–Crippen MR) is 129 cm³/mol. The third-order valence-electron chi connectivity index (χ3n) is 5.26. The van der Waals surface area contributed by atoms with E-state index in [0.29, 0.717) is 6.04 Å². The average molecular weight is 512 g/mol. The molecule has 7 nitrogen and oxygen atoms in total. The van der Waals surface area contributed by atoms with Gasteiger partial charge in [-0.15, -0.1) is 24.0 Å². The van der Waals surface area contributed by atoms with Gasteiger partial charge >= 0.3 is 0 Å². The molecule has 1 amide bonds. The van der Waals surface area contributed by atoms with Crippen LogP contribution >= 0.6 is 24.0 Å². The largest absolute Gasteiger partial charge is 0.356 e. The summed E-state index contributed by atoms with van der Waals surface area (Å²) in [4.78, 5) is 22.6. The molecule has 0 bridgehead atoms. The Hall–Kier alpha value is -1.84. The van der Waals surface area contributed by atoms with Gasteiger partial charge in [0.2, 0.25) is 5.91 Å². The number of amides is 1. The van der Waals surface area contributed by atoms with Gasteiger partial charge in [0.15, 0.2) is 5.96 Å². The number of likely N-dealkylation sites (N-methyl/N-ethyl adjacent to an activating group) is 1. The summed E-state index contributed by atoms with van der Waals surface area (Å²) in [6.45, 7) is 3.91. The Morgan fingerprint density at radius 3 is 2.72 bits per heavy atom. The zero-order valence-corrected chi connectivity index (χ0v) is 20.0. The Morgan fingerprint density at radius 1 is 1.28 bits per heavy atom. The van der Waals surface area contributed by atoms with Crippen LogP contribution in [0.1, 0.15) is 37.9 Å². The van der Waals surface area contributed by atoms with E-state index in [1.165, 1.54) is 31.2 Å². The molecule has 29 heavy (non-hydrogen) atoms. The van der Waals surface area contributed by atoms with Crippen molar-refractivity contribution in [2.45, 2.75) is 51.6 Å². The second-order valence-corrected chi connectivity index (χ2v) is 7.66. The van der Waals surface area contributed by atoms with Gasteiger partial charge in [0, 0.05) is 33.2 Å². The first-order valence-electron chi connectivity index (χ1n) is 10.2. The van der Waals surface area contributed by atoms with Gasteiger partial charge in [0.05, 0.1) is 11.0 Å². The number of aliphatic imine (C=N–C) groups is 1. The average Bonchev–Trinajstić information content (AvgIpc) is 3.29. The van der Waals surface area contributed by atoms with Crippen molar-refractivity contribution in [3.63, 3.8) is 0 Å². The van der Waals surface area contributed by atoms with E-state index in [1.807, 2.05) is 6.07 Å². The van der Waals surface area contributed by atoms with Crippen molar-refractivity contribution < 1.29 is 4.79 Å². The molecule has 8 heteroatoms. The zero-order valence-electron chi connectivity index (χ0n) is 17.6. The fourth-order valence-electron chi connectivity index (χ4n) is 3.63. The fraction of sp³-hybridized carbons (Fsp3) is 0.571. The first-order valence-corrected chi connectivity index (χ1v) is 10.2. The Kier molecular flexibility index (Phi) is 9.19. The number of rotatable bonds is 7. The number of benzene rings is 1. The molecular weight excluding hydrogens is 479 g/mol. The number of aryl methyl sites for hydroxylation is 2. The lowest BCUT2D eigenvalue weighted by atomic mass is 10.2. The van der Waals surface area contributed by atoms with Crippen LogP contribution in [-0.4, -0.2) is 59.5 Å². The highest BCUT2D eigenvalue weighted by molar-refractivity contribution is 14.0. The molecule has 160 valence electrons. The number of imidazole rings is 1. The molecule has 1 aromatic heterocycles. The van der Waals surface area contributed by atoms with Gasteiger partial charge in [0.25, 0.3) is 0 Å². The number of carbonyl (C=O) groups excluding carboxylic acids is 1. The molecule has 0 saturated heterocycles. The van der Waals surface area contributed by atoms with E-state index in [2.05, 4.69) is 50.3 Å². The van der Waals surface area contributed by atoms with Crippen LogP contribution in [0.2, 0.25) is 0 Å². The van der Waals surface area contributed by atoms with Gasteiger partial charge in [-0.05, 0) is 38.3 Å². The highest BCUT2D eigenvalue weighted by Gasteiger charge is 2.16. The topological polar surface area (TPSA) is 74.5 Å². The second kappa shape index (κ2) is 11.4. The molecule has 3 rings (SSSR count). The van der Waals surface area contributed by atoms with Crippen LogP contribution in [-0.2, 0) is 11.3 Å². The summed E-state index contributed by atoms with van der Waals surface area (Å²) in [6, 6.07) is 8.70. The van der Waals surface area contributed by atoms with E-state index in [4.69, 9.17) is 0 Å². The zero-order chi connectivity index (χ0) is 19.9. The summed E-state index contributed by atoms with van der Waals surface area (Å²) >= 11 is 0. The van der Waals surface area contributed by atoms with Crippen molar-refractivity contribution in [1.29, 1.82) is 0 Å². The minimum absolute atomic E-state index is 0. The standard InChI is InChI=1S/C21H32N6O.HI/c1-16-24-18-11-6-7-12-19(18)27(16)14-8-13-22-21(23-15-20(28)26(2)3)25-17-9-4-5-10-17;/h6-7,11-12,17H,4-5,8-10,13-15H2,1-3H3,(H2,22,23,25);1H. The number of para-hydroxylation sites is 2. The first kappa shape index (κ1) is 23.4. The molecule has 0 radical (unpaired) electrons. The minimum atomic E-state index is 0. The lowest BCUT2D eigenvalue weighted by Crippen LogP contribution is -2.43. The van der Waals surface area contributed by atoms with E-state index >= 15 is 0 Å². The van der Waals surface area contributed by atoms with Crippen LogP contribution in [0.4, 0.5) is 0 Å². The number of carbonyl (C=O) groups is 1. The van der Waals surface area contributed by atoms with Crippen LogP contribution in [0.15, 0.2) is 29.3 Å². The Labute approximate surface area is 190 Å². The van der Waals surface area contributed by atoms with Crippen molar-refractivity contribution in [1.82, 2.24) is 25.1 Å². The fourth-order valence-corrected chi connectivity index (χ4v) is 3.63. The van der Waals surface area contributed by atoms with Crippen LogP contribution in [0.5, 0.6) is 0 Å². The molecule has 0 aliphatic heterocycles. The van der Waals surface area contributed by atoms with Crippen molar-refractivity contribution in [2.24, 2.45) is 4.99 Å². The molecule has 1 heterocycles. The highest BCUT2D eigenvalue weighted by atomic mass is 127. The minimum Gasteiger partial charge on any atom is -0.356 e. The SMILES string of the molecule is Cc1nc2ccccc2n1CCCNC(=NCC(=O)N(C)C)NC1CCCC1.I. The lowest BCUT2D eigenvalue weighted by molar-refractivity contribution is -0.127. The molecule has 0 unspecified atom stereocenters. The normalized spacial score (nSPS) is 14.7. The maximum absolute atomic E-state index is 11.9. The van der Waals surface area contributed by atoms with E-state index < -0.39 is 0 Å². The summed E-state index contributed by atoms with van der Waals surface area (Å²) in [7, 11) is 3.51. The van der Waals surface area contributed by atoms with E-state index in [-0.39, 0.29) is 36.4 Å². The monoisotopic (exact) mass is 512 g/mol. The molecule has 2 aromatic rings. The van der Waals surface area contributed by atoms with Crippen LogP contribution < -0.4 is 10.6 Å². The number of nitrogens with zero attached hydrogens (tertiary/aromatic N) is 4. The number of guanidine groups is 1. The van der Waals surface area contributed by atoms with Crippen molar-refractivity contribution >= 4 is 46.9 Å². The number of halogens is 1. The van der Waals surface area contributed by atoms with Crippen molar-refractivity contribution in [2.75, 3.05) is 27.2 Å². The molecule has 1 aliphatic carbocycles. The Balaban J connectivity index is 0.00000300. The predicted octanol–water partition coefficient (Wildman–Crippen LogP) is 2.92. The molecule has 1 fully saturated rings. The van der Waals surface area contributed by atoms with Gasteiger partial charge in [-0.2, -0.15) is 0 Å². The number of hydrogen-bond acceptors (Lipinski definition) is 3. The second-order valence-electron chi connectivity index (χ2n) is 7.66. The number of nitrogens with one attached hydrogen (secondary N) is 2.